The lowest BCUT2D eigenvalue weighted by molar-refractivity contribution is -0.134. The molecule has 21 heavy (non-hydrogen) atoms. The first-order chi connectivity index (χ1) is 9.85. The third-order valence-electron chi connectivity index (χ3n) is 3.75. The average Bonchev–Trinajstić information content (AvgIpc) is 2.46. The molecule has 1 aromatic carbocycles. The van der Waals surface area contributed by atoms with Gasteiger partial charge in [-0.2, -0.15) is 0 Å². The number of benzene rings is 1. The molecular formula is C16H24N2O3. The summed E-state index contributed by atoms with van der Waals surface area (Å²) in [6.07, 6.45) is 0.208. The summed E-state index contributed by atoms with van der Waals surface area (Å²) in [4.78, 5) is 22.9. The molecule has 0 unspecified atom stereocenters. The van der Waals surface area contributed by atoms with Gasteiger partial charge in [0.2, 0.25) is 5.91 Å². The molecule has 0 aromatic heterocycles. The summed E-state index contributed by atoms with van der Waals surface area (Å²) in [5.74, 6) is 0.151. The van der Waals surface area contributed by atoms with E-state index in [2.05, 4.69) is 26.1 Å². The lowest BCUT2D eigenvalue weighted by Gasteiger charge is -2.16. The van der Waals surface area contributed by atoms with Crippen molar-refractivity contribution in [2.75, 3.05) is 0 Å². The molecule has 0 aliphatic heterocycles. The van der Waals surface area contributed by atoms with E-state index in [4.69, 9.17) is 5.21 Å². The van der Waals surface area contributed by atoms with E-state index in [0.717, 1.165) is 5.56 Å². The Morgan fingerprint density at radius 2 is 1.67 bits per heavy atom. The highest BCUT2D eigenvalue weighted by atomic mass is 16.5. The van der Waals surface area contributed by atoms with Crippen molar-refractivity contribution in [2.45, 2.75) is 46.1 Å². The van der Waals surface area contributed by atoms with Crippen LogP contribution in [-0.2, 0) is 16.0 Å². The molecule has 0 bridgehead atoms. The van der Waals surface area contributed by atoms with Gasteiger partial charge in [-0.15, -0.1) is 0 Å². The zero-order valence-electron chi connectivity index (χ0n) is 13.0. The molecule has 0 heterocycles. The number of nitrogens with one attached hydrogen (secondary N) is 2. The molecule has 0 fully saturated rings. The Labute approximate surface area is 125 Å². The van der Waals surface area contributed by atoms with Crippen LogP contribution < -0.4 is 10.8 Å². The van der Waals surface area contributed by atoms with Crippen LogP contribution in [0.25, 0.3) is 0 Å². The fourth-order valence-corrected chi connectivity index (χ4v) is 1.96. The van der Waals surface area contributed by atoms with Gasteiger partial charge in [-0.1, -0.05) is 45.0 Å². The first-order valence-electron chi connectivity index (χ1n) is 7.17. The second-order valence-electron chi connectivity index (χ2n) is 5.72. The van der Waals surface area contributed by atoms with Gasteiger partial charge in [-0.25, -0.2) is 5.48 Å². The van der Waals surface area contributed by atoms with Gasteiger partial charge in [0.15, 0.2) is 0 Å². The molecule has 0 radical (unpaired) electrons. The maximum Gasteiger partial charge on any atom is 0.265 e. The Balaban J connectivity index is 2.59. The quantitative estimate of drug-likeness (QED) is 0.554. The standard InChI is InChI=1S/C16H24N2O3/c1-10(2)11(3)14-7-5-13(6-8-14)9-15(19)17-12(4)16(20)18-21/h5-8,10-12,21H,9H2,1-4H3,(H,17,19)(H,18,20)/t11-,12+/m1/s1. The van der Waals surface area contributed by atoms with Crippen LogP contribution in [0.1, 0.15) is 44.7 Å². The van der Waals surface area contributed by atoms with Crippen molar-refractivity contribution in [3.63, 3.8) is 0 Å². The Hall–Kier alpha value is -1.88. The number of carbonyl (C=O) groups excluding carboxylic acids is 2. The van der Waals surface area contributed by atoms with Crippen molar-refractivity contribution in [2.24, 2.45) is 5.92 Å². The number of hydrogen-bond acceptors (Lipinski definition) is 3. The molecule has 2 atom stereocenters. The van der Waals surface area contributed by atoms with E-state index in [0.29, 0.717) is 11.8 Å². The van der Waals surface area contributed by atoms with Crippen LogP contribution in [0.2, 0.25) is 0 Å². The second kappa shape index (κ2) is 7.78. The molecule has 2 amide bonds. The minimum atomic E-state index is -0.761. The minimum absolute atomic E-state index is 0.208. The van der Waals surface area contributed by atoms with Crippen LogP contribution in [0.5, 0.6) is 0 Å². The normalized spacial score (nSPS) is 13.6. The van der Waals surface area contributed by atoms with E-state index >= 15 is 0 Å². The van der Waals surface area contributed by atoms with Crippen molar-refractivity contribution in [1.29, 1.82) is 0 Å². The Morgan fingerprint density at radius 3 is 2.14 bits per heavy atom. The summed E-state index contributed by atoms with van der Waals surface area (Å²) < 4.78 is 0. The van der Waals surface area contributed by atoms with Crippen LogP contribution in [0.15, 0.2) is 24.3 Å². The smallest absolute Gasteiger partial charge is 0.265 e. The minimum Gasteiger partial charge on any atom is -0.344 e. The molecule has 0 aliphatic rings. The number of carbonyl (C=O) groups is 2. The van der Waals surface area contributed by atoms with Gasteiger partial charge < -0.3 is 5.32 Å². The first kappa shape index (κ1) is 17.2. The molecule has 116 valence electrons. The lowest BCUT2D eigenvalue weighted by atomic mass is 9.90. The van der Waals surface area contributed by atoms with Crippen LogP contribution in [0.3, 0.4) is 0 Å². The highest BCUT2D eigenvalue weighted by molar-refractivity contribution is 5.87. The SMILES string of the molecule is CC(C)[C@@H](C)c1ccc(CC(=O)N[C@@H](C)C(=O)NO)cc1. The third-order valence-corrected chi connectivity index (χ3v) is 3.75. The van der Waals surface area contributed by atoms with Gasteiger partial charge in [0.05, 0.1) is 6.42 Å². The summed E-state index contributed by atoms with van der Waals surface area (Å²) in [6, 6.07) is 7.19. The summed E-state index contributed by atoms with van der Waals surface area (Å²) in [5, 5.41) is 11.0. The van der Waals surface area contributed by atoms with Crippen molar-refractivity contribution < 1.29 is 14.8 Å². The van der Waals surface area contributed by atoms with Crippen LogP contribution in [0.4, 0.5) is 0 Å². The van der Waals surface area contributed by atoms with Crippen molar-refractivity contribution in [3.05, 3.63) is 35.4 Å². The van der Waals surface area contributed by atoms with E-state index < -0.39 is 11.9 Å². The summed E-state index contributed by atoms with van der Waals surface area (Å²) in [7, 11) is 0. The van der Waals surface area contributed by atoms with Gasteiger partial charge in [0, 0.05) is 0 Å². The lowest BCUT2D eigenvalue weighted by Crippen LogP contribution is -2.44. The van der Waals surface area contributed by atoms with E-state index in [-0.39, 0.29) is 12.3 Å². The van der Waals surface area contributed by atoms with Gasteiger partial charge in [0.25, 0.3) is 5.91 Å². The molecule has 0 aliphatic carbocycles. The molecule has 0 spiro atoms. The van der Waals surface area contributed by atoms with Gasteiger partial charge in [-0.3, -0.25) is 14.8 Å². The number of hydrogen-bond donors (Lipinski definition) is 3. The van der Waals surface area contributed by atoms with E-state index in [1.807, 2.05) is 24.3 Å². The van der Waals surface area contributed by atoms with Gasteiger partial charge in [0.1, 0.15) is 6.04 Å². The van der Waals surface area contributed by atoms with Crippen LogP contribution >= 0.6 is 0 Å². The fraction of sp³-hybridized carbons (Fsp3) is 0.500. The van der Waals surface area contributed by atoms with Crippen molar-refractivity contribution in [3.8, 4) is 0 Å². The molecule has 5 heteroatoms. The van der Waals surface area contributed by atoms with Gasteiger partial charge in [-0.05, 0) is 29.9 Å². The molecule has 0 saturated heterocycles. The van der Waals surface area contributed by atoms with Crippen molar-refractivity contribution in [1.82, 2.24) is 10.8 Å². The maximum atomic E-state index is 11.8. The largest absolute Gasteiger partial charge is 0.344 e. The maximum absolute atomic E-state index is 11.8. The summed E-state index contributed by atoms with van der Waals surface area (Å²) >= 11 is 0. The first-order valence-corrected chi connectivity index (χ1v) is 7.17. The van der Waals surface area contributed by atoms with Crippen molar-refractivity contribution >= 4 is 11.8 Å². The third kappa shape index (κ3) is 5.19. The number of amides is 2. The zero-order chi connectivity index (χ0) is 16.0. The summed E-state index contributed by atoms with van der Waals surface area (Å²) in [6.45, 7) is 8.05. The zero-order valence-corrected chi connectivity index (χ0v) is 13.0. The van der Waals surface area contributed by atoms with E-state index in [9.17, 15) is 9.59 Å². The molecule has 5 nitrogen and oxygen atoms in total. The van der Waals surface area contributed by atoms with E-state index in [1.54, 1.807) is 0 Å². The molecule has 3 N–H and O–H groups in total. The molecule has 1 rings (SSSR count). The predicted molar refractivity (Wildman–Crippen MR) is 80.9 cm³/mol. The topological polar surface area (TPSA) is 78.4 Å². The van der Waals surface area contributed by atoms with Crippen LogP contribution in [0, 0.1) is 5.92 Å². The Morgan fingerprint density at radius 1 is 1.10 bits per heavy atom. The fourth-order valence-electron chi connectivity index (χ4n) is 1.96. The number of hydroxylamine groups is 1. The number of rotatable bonds is 6. The highest BCUT2D eigenvalue weighted by Crippen LogP contribution is 2.23. The molecule has 1 aromatic rings. The van der Waals surface area contributed by atoms with Gasteiger partial charge >= 0.3 is 0 Å². The average molecular weight is 292 g/mol. The monoisotopic (exact) mass is 292 g/mol. The Bertz CT molecular complexity index is 483. The van der Waals surface area contributed by atoms with E-state index in [1.165, 1.54) is 18.0 Å². The molecule has 0 saturated carbocycles. The summed E-state index contributed by atoms with van der Waals surface area (Å²) in [5.41, 5.74) is 3.66. The second-order valence-corrected chi connectivity index (χ2v) is 5.72. The molecular weight excluding hydrogens is 268 g/mol. The predicted octanol–water partition coefficient (Wildman–Crippen LogP) is 2.00. The highest BCUT2D eigenvalue weighted by Gasteiger charge is 2.15. The Kier molecular flexibility index (Phi) is 6.37. The van der Waals surface area contributed by atoms with Crippen LogP contribution in [-0.4, -0.2) is 23.1 Å².